The van der Waals surface area contributed by atoms with Crippen molar-refractivity contribution in [1.82, 2.24) is 25.4 Å². The van der Waals surface area contributed by atoms with Crippen LogP contribution >= 0.6 is 0 Å². The van der Waals surface area contributed by atoms with E-state index in [-0.39, 0.29) is 12.0 Å². The number of nitrogens with one attached hydrogen (secondary N) is 1. The van der Waals surface area contributed by atoms with Gasteiger partial charge in [-0.2, -0.15) is 15.4 Å². The SMILES string of the molecule is CO[C@@H]1CN(c2cc(C(C)C)ncn2)C[C@H]1c1cn[nH]n1. The molecule has 2 atom stereocenters. The lowest BCUT2D eigenvalue weighted by Crippen LogP contribution is -2.23. The van der Waals surface area contributed by atoms with Gasteiger partial charge in [0.1, 0.15) is 12.1 Å². The molecule has 1 fully saturated rings. The molecule has 0 unspecified atom stereocenters. The zero-order valence-corrected chi connectivity index (χ0v) is 12.5. The van der Waals surface area contributed by atoms with E-state index in [9.17, 15) is 0 Å². The van der Waals surface area contributed by atoms with E-state index in [0.29, 0.717) is 5.92 Å². The van der Waals surface area contributed by atoms with Crippen molar-refractivity contribution >= 4 is 5.82 Å². The molecular formula is C14H20N6O. The highest BCUT2D eigenvalue weighted by atomic mass is 16.5. The quantitative estimate of drug-likeness (QED) is 0.914. The van der Waals surface area contributed by atoms with Crippen LogP contribution in [-0.2, 0) is 4.74 Å². The molecule has 0 saturated carbocycles. The number of aromatic amines is 1. The Morgan fingerprint density at radius 3 is 2.86 bits per heavy atom. The molecule has 0 aliphatic carbocycles. The van der Waals surface area contributed by atoms with Crippen molar-refractivity contribution in [2.45, 2.75) is 31.8 Å². The Bertz CT molecular complexity index is 585. The summed E-state index contributed by atoms with van der Waals surface area (Å²) in [5, 5.41) is 10.8. The molecule has 1 aliphatic rings. The minimum atomic E-state index is 0.0903. The average molecular weight is 288 g/mol. The molecule has 0 spiro atoms. The number of aromatic nitrogens is 5. The summed E-state index contributed by atoms with van der Waals surface area (Å²) in [6.45, 7) is 5.88. The van der Waals surface area contributed by atoms with Gasteiger partial charge in [0, 0.05) is 32.0 Å². The van der Waals surface area contributed by atoms with E-state index < -0.39 is 0 Å². The van der Waals surface area contributed by atoms with Crippen molar-refractivity contribution in [3.05, 3.63) is 30.0 Å². The van der Waals surface area contributed by atoms with E-state index in [1.807, 2.05) is 0 Å². The van der Waals surface area contributed by atoms with Crippen LogP contribution in [0.3, 0.4) is 0 Å². The van der Waals surface area contributed by atoms with Crippen molar-refractivity contribution in [3.63, 3.8) is 0 Å². The number of hydrogen-bond donors (Lipinski definition) is 1. The molecule has 112 valence electrons. The van der Waals surface area contributed by atoms with Gasteiger partial charge in [-0.25, -0.2) is 9.97 Å². The van der Waals surface area contributed by atoms with Crippen LogP contribution in [0, 0.1) is 0 Å². The van der Waals surface area contributed by atoms with Gasteiger partial charge in [-0.3, -0.25) is 0 Å². The Labute approximate surface area is 123 Å². The molecule has 0 aromatic carbocycles. The Morgan fingerprint density at radius 1 is 1.33 bits per heavy atom. The molecule has 1 N–H and O–H groups in total. The molecule has 1 aliphatic heterocycles. The Morgan fingerprint density at radius 2 is 2.19 bits per heavy atom. The summed E-state index contributed by atoms with van der Waals surface area (Å²) in [6, 6.07) is 2.06. The average Bonchev–Trinajstić information content (AvgIpc) is 3.16. The molecule has 0 radical (unpaired) electrons. The second-order valence-corrected chi connectivity index (χ2v) is 5.64. The maximum absolute atomic E-state index is 5.61. The van der Waals surface area contributed by atoms with Crippen LogP contribution in [0.4, 0.5) is 5.82 Å². The van der Waals surface area contributed by atoms with Gasteiger partial charge in [0.15, 0.2) is 0 Å². The summed E-state index contributed by atoms with van der Waals surface area (Å²) >= 11 is 0. The molecule has 2 aromatic rings. The van der Waals surface area contributed by atoms with Crippen molar-refractivity contribution in [2.75, 3.05) is 25.1 Å². The van der Waals surface area contributed by atoms with Gasteiger partial charge in [0.25, 0.3) is 0 Å². The van der Waals surface area contributed by atoms with E-state index >= 15 is 0 Å². The topological polar surface area (TPSA) is 79.8 Å². The fourth-order valence-electron chi connectivity index (χ4n) is 2.72. The molecule has 7 heteroatoms. The highest BCUT2D eigenvalue weighted by Crippen LogP contribution is 2.31. The van der Waals surface area contributed by atoms with E-state index in [1.54, 1.807) is 19.6 Å². The van der Waals surface area contributed by atoms with Gasteiger partial charge in [-0.15, -0.1) is 0 Å². The van der Waals surface area contributed by atoms with E-state index in [0.717, 1.165) is 30.3 Å². The van der Waals surface area contributed by atoms with Crippen LogP contribution < -0.4 is 4.90 Å². The summed E-state index contributed by atoms with van der Waals surface area (Å²) in [4.78, 5) is 10.9. The fraction of sp³-hybridized carbons (Fsp3) is 0.571. The van der Waals surface area contributed by atoms with E-state index in [2.05, 4.69) is 50.2 Å². The second-order valence-electron chi connectivity index (χ2n) is 5.64. The molecule has 7 nitrogen and oxygen atoms in total. The third kappa shape index (κ3) is 2.73. The Hall–Kier alpha value is -2.02. The summed E-state index contributed by atoms with van der Waals surface area (Å²) in [7, 11) is 1.74. The molecule has 0 amide bonds. The molecule has 3 rings (SSSR count). The van der Waals surface area contributed by atoms with Crippen molar-refractivity contribution < 1.29 is 4.74 Å². The van der Waals surface area contributed by atoms with Crippen LogP contribution in [0.15, 0.2) is 18.6 Å². The Kier molecular flexibility index (Phi) is 3.83. The number of rotatable bonds is 4. The maximum Gasteiger partial charge on any atom is 0.132 e. The van der Waals surface area contributed by atoms with Gasteiger partial charge in [0.05, 0.1) is 23.9 Å². The fourth-order valence-corrected chi connectivity index (χ4v) is 2.72. The van der Waals surface area contributed by atoms with Crippen LogP contribution in [0.2, 0.25) is 0 Å². The van der Waals surface area contributed by atoms with Crippen LogP contribution in [0.25, 0.3) is 0 Å². The molecular weight excluding hydrogens is 268 g/mol. The lowest BCUT2D eigenvalue weighted by Gasteiger charge is -2.17. The van der Waals surface area contributed by atoms with Crippen molar-refractivity contribution in [2.24, 2.45) is 0 Å². The minimum Gasteiger partial charge on any atom is -0.379 e. The number of nitrogens with zero attached hydrogens (tertiary/aromatic N) is 5. The third-order valence-electron chi connectivity index (χ3n) is 3.97. The third-order valence-corrected chi connectivity index (χ3v) is 3.97. The number of anilines is 1. The first kappa shape index (κ1) is 13.9. The predicted molar refractivity (Wildman–Crippen MR) is 78.3 cm³/mol. The number of methoxy groups -OCH3 is 1. The van der Waals surface area contributed by atoms with Crippen LogP contribution in [-0.4, -0.2) is 51.7 Å². The van der Waals surface area contributed by atoms with Gasteiger partial charge < -0.3 is 9.64 Å². The van der Waals surface area contributed by atoms with Crippen molar-refractivity contribution in [1.29, 1.82) is 0 Å². The summed E-state index contributed by atoms with van der Waals surface area (Å²) in [5.41, 5.74) is 1.99. The minimum absolute atomic E-state index is 0.0903. The summed E-state index contributed by atoms with van der Waals surface area (Å²) < 4.78 is 5.61. The maximum atomic E-state index is 5.61. The lowest BCUT2D eigenvalue weighted by molar-refractivity contribution is 0.105. The number of H-pyrrole nitrogens is 1. The normalized spacial score (nSPS) is 22.2. The van der Waals surface area contributed by atoms with Gasteiger partial charge in [-0.05, 0) is 5.92 Å². The lowest BCUT2D eigenvalue weighted by atomic mass is 10.0. The molecule has 3 heterocycles. The van der Waals surface area contributed by atoms with Crippen LogP contribution in [0.1, 0.15) is 37.1 Å². The van der Waals surface area contributed by atoms with Gasteiger partial charge in [-0.1, -0.05) is 13.8 Å². The summed E-state index contributed by atoms with van der Waals surface area (Å²) in [6.07, 6.45) is 3.49. The first-order valence-corrected chi connectivity index (χ1v) is 7.14. The first-order valence-electron chi connectivity index (χ1n) is 7.14. The zero-order valence-electron chi connectivity index (χ0n) is 12.5. The smallest absolute Gasteiger partial charge is 0.132 e. The number of ether oxygens (including phenoxy) is 1. The van der Waals surface area contributed by atoms with Gasteiger partial charge >= 0.3 is 0 Å². The second kappa shape index (κ2) is 5.77. The summed E-state index contributed by atoms with van der Waals surface area (Å²) in [5.74, 6) is 1.53. The van der Waals surface area contributed by atoms with Crippen molar-refractivity contribution in [3.8, 4) is 0 Å². The van der Waals surface area contributed by atoms with Gasteiger partial charge in [0.2, 0.25) is 0 Å². The van der Waals surface area contributed by atoms with E-state index in [4.69, 9.17) is 4.74 Å². The first-order chi connectivity index (χ1) is 10.2. The highest BCUT2D eigenvalue weighted by Gasteiger charge is 2.36. The largest absolute Gasteiger partial charge is 0.379 e. The number of hydrogen-bond acceptors (Lipinski definition) is 6. The molecule has 2 aromatic heterocycles. The molecule has 21 heavy (non-hydrogen) atoms. The standard InChI is InChI=1S/C14H20N6O/c1-9(2)11-4-14(16-8-15-11)20-6-10(13(7-20)21-3)12-5-17-19-18-12/h4-5,8-10,13H,6-7H2,1-3H3,(H,17,18,19)/t10-,13+/m0/s1. The molecule has 0 bridgehead atoms. The zero-order chi connectivity index (χ0) is 14.8. The predicted octanol–water partition coefficient (Wildman–Crippen LogP) is 1.34. The van der Waals surface area contributed by atoms with E-state index in [1.165, 1.54) is 0 Å². The highest BCUT2D eigenvalue weighted by molar-refractivity contribution is 5.43. The van der Waals surface area contributed by atoms with Crippen LogP contribution in [0.5, 0.6) is 0 Å². The Balaban J connectivity index is 1.83. The monoisotopic (exact) mass is 288 g/mol. The molecule has 1 saturated heterocycles.